The highest BCUT2D eigenvalue weighted by Gasteiger charge is 2.34. The van der Waals surface area contributed by atoms with Crippen LogP contribution in [0, 0.1) is 0 Å². The third-order valence-corrected chi connectivity index (χ3v) is 5.08. The van der Waals surface area contributed by atoms with E-state index < -0.39 is 5.97 Å². The number of esters is 1. The number of carbonyl (C=O) groups excluding carboxylic acids is 1. The molecule has 4 rings (SSSR count). The normalized spacial score (nSPS) is 15.7. The fraction of sp³-hybridized carbons (Fsp3) is 0.292. The molecule has 0 bridgehead atoms. The number of furan rings is 1. The Hall–Kier alpha value is -2.89. The summed E-state index contributed by atoms with van der Waals surface area (Å²) in [6.45, 7) is 0.341. The van der Waals surface area contributed by atoms with Crippen molar-refractivity contribution in [3.63, 3.8) is 0 Å². The molecule has 1 aliphatic rings. The number of benzene rings is 2. The Morgan fingerprint density at radius 2 is 1.79 bits per heavy atom. The van der Waals surface area contributed by atoms with Crippen LogP contribution in [0.1, 0.15) is 46.2 Å². The molecule has 29 heavy (non-hydrogen) atoms. The average Bonchev–Trinajstić information content (AvgIpc) is 3.18. The highest BCUT2D eigenvalue weighted by atomic mass is 16.5. The van der Waals surface area contributed by atoms with Gasteiger partial charge in [-0.25, -0.2) is 4.79 Å². The van der Waals surface area contributed by atoms with Gasteiger partial charge in [0.05, 0.1) is 19.3 Å². The number of fused-ring (bicyclic) bond motifs is 1. The molecule has 0 radical (unpaired) electrons. The second-order valence-electron chi connectivity index (χ2n) is 7.05. The van der Waals surface area contributed by atoms with E-state index in [-0.39, 0.29) is 25.9 Å². The fourth-order valence-electron chi connectivity index (χ4n) is 3.76. The lowest BCUT2D eigenvalue weighted by Crippen LogP contribution is -2.17. The largest absolute Gasteiger partial charge is 0.460 e. The molecule has 1 atom stereocenters. The van der Waals surface area contributed by atoms with Crippen LogP contribution in [0.3, 0.4) is 0 Å². The Balaban J connectivity index is 1.71. The van der Waals surface area contributed by atoms with E-state index in [1.54, 1.807) is 0 Å². The smallest absolute Gasteiger partial charge is 0.342 e. The molecule has 150 valence electrons. The van der Waals surface area contributed by atoms with E-state index in [1.165, 1.54) is 0 Å². The van der Waals surface area contributed by atoms with Gasteiger partial charge in [0.15, 0.2) is 0 Å². The van der Waals surface area contributed by atoms with Crippen molar-refractivity contribution in [2.45, 2.75) is 32.0 Å². The van der Waals surface area contributed by atoms with E-state index in [1.807, 2.05) is 60.7 Å². The van der Waals surface area contributed by atoms with Gasteiger partial charge in [-0.3, -0.25) is 0 Å². The molecule has 1 unspecified atom stereocenters. The lowest BCUT2D eigenvalue weighted by molar-refractivity contribution is 0.0155. The number of aliphatic hydroxyl groups is 1. The average molecular weight is 392 g/mol. The zero-order valence-corrected chi connectivity index (χ0v) is 16.2. The van der Waals surface area contributed by atoms with Crippen LogP contribution in [-0.4, -0.2) is 24.3 Å². The number of hydrogen-bond acceptors (Lipinski definition) is 5. The molecule has 5 heteroatoms. The zero-order chi connectivity index (χ0) is 20.1. The number of rotatable bonds is 7. The third-order valence-electron chi connectivity index (χ3n) is 5.08. The van der Waals surface area contributed by atoms with Crippen LogP contribution in [0.25, 0.3) is 11.3 Å². The topological polar surface area (TPSA) is 68.9 Å². The second-order valence-corrected chi connectivity index (χ2v) is 7.05. The first kappa shape index (κ1) is 19.4. The van der Waals surface area contributed by atoms with Gasteiger partial charge in [-0.15, -0.1) is 0 Å². The first-order valence-electron chi connectivity index (χ1n) is 9.92. The maximum atomic E-state index is 13.2. The highest BCUT2D eigenvalue weighted by molar-refractivity contribution is 5.98. The molecule has 0 fully saturated rings. The summed E-state index contributed by atoms with van der Waals surface area (Å²) in [7, 11) is 0. The van der Waals surface area contributed by atoms with Crippen LogP contribution in [0.15, 0.2) is 65.1 Å². The maximum absolute atomic E-state index is 13.2. The van der Waals surface area contributed by atoms with E-state index in [2.05, 4.69) is 0 Å². The number of carbonyl (C=O) groups is 1. The van der Waals surface area contributed by atoms with Crippen molar-refractivity contribution in [3.8, 4) is 11.3 Å². The summed E-state index contributed by atoms with van der Waals surface area (Å²) in [6, 6.07) is 19.2. The molecule has 5 nitrogen and oxygen atoms in total. The van der Waals surface area contributed by atoms with Crippen LogP contribution in [-0.2, 0) is 22.5 Å². The molecule has 3 aromatic rings. The lowest BCUT2D eigenvalue weighted by atomic mass is 9.91. The third kappa shape index (κ3) is 4.26. The number of aryl methyl sites for hydroxylation is 1. The summed E-state index contributed by atoms with van der Waals surface area (Å²) in [5, 5.41) is 9.18. The molecular weight excluding hydrogens is 368 g/mol. The molecule has 0 aliphatic heterocycles. The summed E-state index contributed by atoms with van der Waals surface area (Å²) in [5.41, 5.74) is 2.95. The minimum Gasteiger partial charge on any atom is -0.460 e. The Kier molecular flexibility index (Phi) is 6.08. The van der Waals surface area contributed by atoms with Crippen LogP contribution in [0.4, 0.5) is 0 Å². The van der Waals surface area contributed by atoms with E-state index in [9.17, 15) is 9.90 Å². The van der Waals surface area contributed by atoms with Crippen LogP contribution in [0.2, 0.25) is 0 Å². The molecule has 1 aromatic heterocycles. The van der Waals surface area contributed by atoms with Gasteiger partial charge in [-0.1, -0.05) is 60.7 Å². The van der Waals surface area contributed by atoms with Crippen LogP contribution >= 0.6 is 0 Å². The van der Waals surface area contributed by atoms with Crippen LogP contribution in [0.5, 0.6) is 0 Å². The summed E-state index contributed by atoms with van der Waals surface area (Å²) in [6.07, 6.45) is 2.15. The summed E-state index contributed by atoms with van der Waals surface area (Å²) in [5.74, 6) is 0.870. The first-order valence-corrected chi connectivity index (χ1v) is 9.92. The maximum Gasteiger partial charge on any atom is 0.342 e. The second kappa shape index (κ2) is 9.07. The van der Waals surface area contributed by atoms with E-state index in [4.69, 9.17) is 13.9 Å². The molecule has 0 spiro atoms. The van der Waals surface area contributed by atoms with Crippen molar-refractivity contribution >= 4 is 5.97 Å². The van der Waals surface area contributed by atoms with E-state index in [0.717, 1.165) is 41.7 Å². The SMILES string of the molecule is O=C(OCc1ccccc1)c1c(-c2ccccc2)oc2c1C(OCCO)CCC2. The minimum absolute atomic E-state index is 0.0665. The van der Waals surface area contributed by atoms with Gasteiger partial charge < -0.3 is 19.0 Å². The Morgan fingerprint density at radius 1 is 1.07 bits per heavy atom. The van der Waals surface area contributed by atoms with Gasteiger partial charge >= 0.3 is 5.97 Å². The van der Waals surface area contributed by atoms with Crippen molar-refractivity contribution in [3.05, 3.63) is 83.1 Å². The van der Waals surface area contributed by atoms with Crippen molar-refractivity contribution < 1.29 is 23.8 Å². The number of aliphatic hydroxyl groups excluding tert-OH is 1. The van der Waals surface area contributed by atoms with Gasteiger partial charge in [0.2, 0.25) is 0 Å². The molecule has 2 aromatic carbocycles. The summed E-state index contributed by atoms with van der Waals surface area (Å²) >= 11 is 0. The molecule has 1 aliphatic carbocycles. The lowest BCUT2D eigenvalue weighted by Gasteiger charge is -2.22. The minimum atomic E-state index is -0.419. The van der Waals surface area contributed by atoms with E-state index >= 15 is 0 Å². The van der Waals surface area contributed by atoms with Crippen LogP contribution < -0.4 is 0 Å². The highest BCUT2D eigenvalue weighted by Crippen LogP contribution is 2.42. The van der Waals surface area contributed by atoms with Crippen molar-refractivity contribution in [1.82, 2.24) is 0 Å². The van der Waals surface area contributed by atoms with Gasteiger partial charge in [0, 0.05) is 17.5 Å². The molecule has 0 saturated heterocycles. The van der Waals surface area contributed by atoms with E-state index in [0.29, 0.717) is 11.3 Å². The monoisotopic (exact) mass is 392 g/mol. The molecule has 1 N–H and O–H groups in total. The Morgan fingerprint density at radius 3 is 2.52 bits per heavy atom. The predicted octanol–water partition coefficient (Wildman–Crippen LogP) is 4.69. The molecule has 1 heterocycles. The van der Waals surface area contributed by atoms with Gasteiger partial charge in [0.1, 0.15) is 23.7 Å². The standard InChI is InChI=1S/C24H24O5/c25-14-15-27-19-12-7-13-20-21(19)22(23(29-20)18-10-5-2-6-11-18)24(26)28-16-17-8-3-1-4-9-17/h1-6,8-11,19,25H,7,12-16H2. The van der Waals surface area contributed by atoms with Gasteiger partial charge in [-0.2, -0.15) is 0 Å². The first-order chi connectivity index (χ1) is 14.3. The molecule has 0 amide bonds. The quantitative estimate of drug-likeness (QED) is 0.591. The summed E-state index contributed by atoms with van der Waals surface area (Å²) < 4.78 is 17.7. The molecule has 0 saturated carbocycles. The zero-order valence-electron chi connectivity index (χ0n) is 16.2. The number of ether oxygens (including phenoxy) is 2. The fourth-order valence-corrected chi connectivity index (χ4v) is 3.76. The van der Waals surface area contributed by atoms with Crippen molar-refractivity contribution in [1.29, 1.82) is 0 Å². The molecular formula is C24H24O5. The van der Waals surface area contributed by atoms with Gasteiger partial charge in [-0.05, 0) is 18.4 Å². The Labute approximate surface area is 169 Å². The van der Waals surface area contributed by atoms with Crippen molar-refractivity contribution in [2.75, 3.05) is 13.2 Å². The van der Waals surface area contributed by atoms with Crippen molar-refractivity contribution in [2.24, 2.45) is 0 Å². The number of hydrogen-bond donors (Lipinski definition) is 1. The summed E-state index contributed by atoms with van der Waals surface area (Å²) in [4.78, 5) is 13.2. The van der Waals surface area contributed by atoms with Gasteiger partial charge in [0.25, 0.3) is 0 Å². The Bertz CT molecular complexity index is 946. The predicted molar refractivity (Wildman–Crippen MR) is 108 cm³/mol.